The Morgan fingerprint density at radius 3 is 2.90 bits per heavy atom. The van der Waals surface area contributed by atoms with Crippen LogP contribution in [0.4, 0.5) is 4.39 Å². The molecule has 0 bridgehead atoms. The summed E-state index contributed by atoms with van der Waals surface area (Å²) in [5, 5.41) is 15.7. The maximum Gasteiger partial charge on any atom is 0.328 e. The van der Waals surface area contributed by atoms with E-state index in [0.717, 1.165) is 0 Å². The summed E-state index contributed by atoms with van der Waals surface area (Å²) in [6, 6.07) is 3.86. The van der Waals surface area contributed by atoms with Crippen LogP contribution in [0.5, 0.6) is 0 Å². The van der Waals surface area contributed by atoms with E-state index in [-0.39, 0.29) is 6.54 Å². The number of benzene rings is 1. The number of nitrogens with zero attached hydrogens (tertiary/aromatic N) is 3. The van der Waals surface area contributed by atoms with E-state index in [2.05, 4.69) is 31.3 Å². The van der Waals surface area contributed by atoms with Crippen LogP contribution in [-0.2, 0) is 10.3 Å². The highest BCUT2D eigenvalue weighted by Gasteiger charge is 2.36. The highest BCUT2D eigenvalue weighted by molar-refractivity contribution is 9.10. The number of carboxylic acids is 1. The third-order valence-corrected chi connectivity index (χ3v) is 3.53. The molecule has 1 unspecified atom stereocenters. The minimum Gasteiger partial charge on any atom is -0.480 e. The first-order chi connectivity index (χ1) is 9.41. The van der Waals surface area contributed by atoms with Crippen LogP contribution < -0.4 is 5.32 Å². The molecule has 0 aliphatic heterocycles. The van der Waals surface area contributed by atoms with Crippen molar-refractivity contribution >= 4 is 21.9 Å². The standard InChI is InChI=1S/C12H14BrFN4O2/c1-12(11(19)20,16-5-2-6-17-18-15)9-4-3-8(14)7-10(9)13/h3-4,7,16H,2,5-6H2,1H3,(H,19,20). The summed E-state index contributed by atoms with van der Waals surface area (Å²) in [6.07, 6.45) is 0.506. The van der Waals surface area contributed by atoms with Crippen molar-refractivity contribution in [2.45, 2.75) is 18.9 Å². The van der Waals surface area contributed by atoms with Gasteiger partial charge in [0.25, 0.3) is 0 Å². The second-order valence-electron chi connectivity index (χ2n) is 4.29. The van der Waals surface area contributed by atoms with Crippen LogP contribution in [0.25, 0.3) is 10.4 Å². The van der Waals surface area contributed by atoms with Gasteiger partial charge >= 0.3 is 5.97 Å². The molecule has 0 amide bonds. The molecule has 1 rings (SSSR count). The third-order valence-electron chi connectivity index (χ3n) is 2.87. The van der Waals surface area contributed by atoms with E-state index in [0.29, 0.717) is 23.0 Å². The number of rotatable bonds is 7. The molecular weight excluding hydrogens is 331 g/mol. The average Bonchev–Trinajstić information content (AvgIpc) is 2.37. The molecule has 1 aromatic carbocycles. The molecule has 0 fully saturated rings. The first kappa shape index (κ1) is 16.4. The normalized spacial score (nSPS) is 13.3. The molecule has 0 saturated heterocycles. The molecule has 0 saturated carbocycles. The molecule has 0 aromatic heterocycles. The van der Waals surface area contributed by atoms with E-state index in [1.807, 2.05) is 0 Å². The summed E-state index contributed by atoms with van der Waals surface area (Å²) in [5.74, 6) is -1.52. The second-order valence-corrected chi connectivity index (χ2v) is 5.14. The van der Waals surface area contributed by atoms with Crippen LogP contribution in [0.1, 0.15) is 18.9 Å². The summed E-state index contributed by atoms with van der Waals surface area (Å²) in [6.45, 7) is 2.14. The fraction of sp³-hybridized carbons (Fsp3) is 0.417. The predicted molar refractivity (Wildman–Crippen MR) is 75.7 cm³/mol. The smallest absolute Gasteiger partial charge is 0.328 e. The average molecular weight is 345 g/mol. The van der Waals surface area contributed by atoms with E-state index in [9.17, 15) is 14.3 Å². The molecule has 2 N–H and O–H groups in total. The SMILES string of the molecule is CC(NCCCN=[N+]=[N-])(C(=O)O)c1ccc(F)cc1Br. The van der Waals surface area contributed by atoms with Gasteiger partial charge in [-0.15, -0.1) is 0 Å². The van der Waals surface area contributed by atoms with E-state index in [4.69, 9.17) is 5.53 Å². The minimum atomic E-state index is -1.36. The van der Waals surface area contributed by atoms with Crippen LogP contribution in [0.2, 0.25) is 0 Å². The molecule has 0 aliphatic carbocycles. The van der Waals surface area contributed by atoms with Crippen molar-refractivity contribution in [3.05, 3.63) is 44.5 Å². The monoisotopic (exact) mass is 344 g/mol. The Balaban J connectivity index is 2.91. The maximum atomic E-state index is 13.1. The van der Waals surface area contributed by atoms with Gasteiger partial charge in [-0.05, 0) is 43.1 Å². The number of hydrogen-bond donors (Lipinski definition) is 2. The van der Waals surface area contributed by atoms with Crippen molar-refractivity contribution < 1.29 is 14.3 Å². The molecule has 0 aliphatic rings. The van der Waals surface area contributed by atoms with Crippen molar-refractivity contribution in [2.75, 3.05) is 13.1 Å². The molecule has 0 spiro atoms. The summed E-state index contributed by atoms with van der Waals surface area (Å²) < 4.78 is 13.5. The zero-order valence-electron chi connectivity index (χ0n) is 10.8. The van der Waals surface area contributed by atoms with E-state index in [1.165, 1.54) is 25.1 Å². The number of halogens is 2. The fourth-order valence-electron chi connectivity index (χ4n) is 1.71. The number of carbonyl (C=O) groups is 1. The van der Waals surface area contributed by atoms with E-state index >= 15 is 0 Å². The lowest BCUT2D eigenvalue weighted by atomic mass is 9.92. The zero-order valence-corrected chi connectivity index (χ0v) is 12.4. The second kappa shape index (κ2) is 7.23. The molecule has 0 radical (unpaired) electrons. The van der Waals surface area contributed by atoms with E-state index in [1.54, 1.807) is 0 Å². The first-order valence-electron chi connectivity index (χ1n) is 5.86. The van der Waals surface area contributed by atoms with Gasteiger partial charge in [-0.1, -0.05) is 27.1 Å². The van der Waals surface area contributed by atoms with Crippen LogP contribution in [0, 0.1) is 5.82 Å². The van der Waals surface area contributed by atoms with Gasteiger partial charge in [-0.3, -0.25) is 5.32 Å². The van der Waals surface area contributed by atoms with Gasteiger partial charge in [0, 0.05) is 15.9 Å². The van der Waals surface area contributed by atoms with Crippen molar-refractivity contribution in [1.29, 1.82) is 0 Å². The molecular formula is C12H14BrFN4O2. The van der Waals surface area contributed by atoms with Gasteiger partial charge in [0.2, 0.25) is 0 Å². The van der Waals surface area contributed by atoms with Crippen LogP contribution in [-0.4, -0.2) is 24.2 Å². The highest BCUT2D eigenvalue weighted by Crippen LogP contribution is 2.29. The summed E-state index contributed by atoms with van der Waals surface area (Å²) in [7, 11) is 0. The highest BCUT2D eigenvalue weighted by atomic mass is 79.9. The van der Waals surface area contributed by atoms with Crippen LogP contribution >= 0.6 is 15.9 Å². The topological polar surface area (TPSA) is 98.1 Å². The Hall–Kier alpha value is -1.63. The number of azide groups is 1. The summed E-state index contributed by atoms with van der Waals surface area (Å²) in [4.78, 5) is 14.1. The lowest BCUT2D eigenvalue weighted by Gasteiger charge is -2.28. The van der Waals surface area contributed by atoms with Crippen LogP contribution in [0.3, 0.4) is 0 Å². The third kappa shape index (κ3) is 3.93. The number of hydrogen-bond acceptors (Lipinski definition) is 3. The Labute approximate surface area is 123 Å². The minimum absolute atomic E-state index is 0.282. The predicted octanol–water partition coefficient (Wildman–Crippen LogP) is 3.18. The van der Waals surface area contributed by atoms with Gasteiger partial charge in [0.15, 0.2) is 0 Å². The Morgan fingerprint density at radius 1 is 1.65 bits per heavy atom. The van der Waals surface area contributed by atoms with Crippen molar-refractivity contribution in [3.8, 4) is 0 Å². The molecule has 6 nitrogen and oxygen atoms in total. The van der Waals surface area contributed by atoms with Gasteiger partial charge < -0.3 is 5.11 Å². The van der Waals surface area contributed by atoms with E-state index < -0.39 is 17.3 Å². The Kier molecular flexibility index (Phi) is 5.94. The maximum absolute atomic E-state index is 13.1. The summed E-state index contributed by atoms with van der Waals surface area (Å²) >= 11 is 3.18. The lowest BCUT2D eigenvalue weighted by molar-refractivity contribution is -0.144. The zero-order chi connectivity index (χ0) is 15.2. The quantitative estimate of drug-likeness (QED) is 0.344. The van der Waals surface area contributed by atoms with Gasteiger partial charge in [-0.2, -0.15) is 0 Å². The van der Waals surface area contributed by atoms with Gasteiger partial charge in [0.1, 0.15) is 11.4 Å². The summed E-state index contributed by atoms with van der Waals surface area (Å²) in [5.41, 5.74) is 7.22. The Bertz CT molecular complexity index is 548. The number of carboxylic acid groups (broad SMARTS) is 1. The number of aliphatic carboxylic acids is 1. The van der Waals surface area contributed by atoms with Crippen LogP contribution in [0.15, 0.2) is 27.8 Å². The van der Waals surface area contributed by atoms with Crippen molar-refractivity contribution in [1.82, 2.24) is 5.32 Å². The van der Waals surface area contributed by atoms with Gasteiger partial charge in [0.05, 0.1) is 0 Å². The largest absolute Gasteiger partial charge is 0.480 e. The first-order valence-corrected chi connectivity index (χ1v) is 6.66. The molecule has 20 heavy (non-hydrogen) atoms. The molecule has 108 valence electrons. The molecule has 1 aromatic rings. The number of nitrogens with one attached hydrogen (secondary N) is 1. The van der Waals surface area contributed by atoms with Gasteiger partial charge in [-0.25, -0.2) is 9.18 Å². The van der Waals surface area contributed by atoms with Crippen molar-refractivity contribution in [3.63, 3.8) is 0 Å². The lowest BCUT2D eigenvalue weighted by Crippen LogP contribution is -2.47. The molecule has 1 atom stereocenters. The Morgan fingerprint density at radius 2 is 2.35 bits per heavy atom. The fourth-order valence-corrected chi connectivity index (χ4v) is 2.46. The molecule has 0 heterocycles. The van der Waals surface area contributed by atoms with Crippen molar-refractivity contribution in [2.24, 2.45) is 5.11 Å². The molecule has 8 heteroatoms.